The van der Waals surface area contributed by atoms with Crippen molar-refractivity contribution in [3.8, 4) is 0 Å². The molecule has 0 spiro atoms. The van der Waals surface area contributed by atoms with Crippen LogP contribution >= 0.6 is 0 Å². The first-order valence-electron chi connectivity index (χ1n) is 8.03. The van der Waals surface area contributed by atoms with Crippen LogP contribution in [0.1, 0.15) is 36.3 Å². The van der Waals surface area contributed by atoms with Crippen molar-refractivity contribution in [1.29, 1.82) is 0 Å². The number of halogens is 3. The summed E-state index contributed by atoms with van der Waals surface area (Å²) >= 11 is 0. The van der Waals surface area contributed by atoms with Crippen LogP contribution < -0.4 is 5.73 Å². The molecule has 2 aliphatic rings. The Bertz CT molecular complexity index is 651. The number of hydrogen-bond acceptors (Lipinski definition) is 2. The Hall–Kier alpha value is -2.05. The molecule has 1 aliphatic heterocycles. The highest BCUT2D eigenvalue weighted by Gasteiger charge is 2.49. The summed E-state index contributed by atoms with van der Waals surface area (Å²) in [5.41, 5.74) is 4.82. The summed E-state index contributed by atoms with van der Waals surface area (Å²) in [7, 11) is 0. The fourth-order valence-corrected chi connectivity index (χ4v) is 3.51. The first-order chi connectivity index (χ1) is 11.3. The van der Waals surface area contributed by atoms with Gasteiger partial charge in [-0.25, -0.2) is 0 Å². The Morgan fingerprint density at radius 3 is 2.33 bits per heavy atom. The number of carbonyl (C=O) groups excluding carboxylic acids is 2. The summed E-state index contributed by atoms with van der Waals surface area (Å²) in [5, 5.41) is 0. The van der Waals surface area contributed by atoms with Gasteiger partial charge in [0.1, 0.15) is 0 Å². The molecule has 2 N–H and O–H groups in total. The molecule has 0 bridgehead atoms. The highest BCUT2D eigenvalue weighted by Crippen LogP contribution is 2.51. The monoisotopic (exact) mass is 340 g/mol. The molecule has 0 radical (unpaired) electrons. The molecule has 1 aromatic rings. The fourth-order valence-electron chi connectivity index (χ4n) is 3.51. The smallest absolute Gasteiger partial charge is 0.369 e. The summed E-state index contributed by atoms with van der Waals surface area (Å²) in [5.74, 6) is -1.44. The molecule has 4 nitrogen and oxygen atoms in total. The predicted molar refractivity (Wildman–Crippen MR) is 80.8 cm³/mol. The van der Waals surface area contributed by atoms with Crippen molar-refractivity contribution in [2.45, 2.75) is 31.4 Å². The van der Waals surface area contributed by atoms with Crippen molar-refractivity contribution < 1.29 is 22.8 Å². The molecule has 2 unspecified atom stereocenters. The van der Waals surface area contributed by atoms with E-state index in [-0.39, 0.29) is 29.2 Å². The van der Waals surface area contributed by atoms with Crippen LogP contribution in [0, 0.1) is 11.8 Å². The minimum Gasteiger partial charge on any atom is -0.369 e. The van der Waals surface area contributed by atoms with Gasteiger partial charge in [-0.15, -0.1) is 0 Å². The molecule has 1 aromatic carbocycles. The number of benzene rings is 1. The minimum absolute atomic E-state index is 0.111. The van der Waals surface area contributed by atoms with Gasteiger partial charge in [0, 0.05) is 24.9 Å². The number of nitrogens with zero attached hydrogens (tertiary/aromatic N) is 1. The van der Waals surface area contributed by atoms with Gasteiger partial charge in [-0.2, -0.15) is 13.2 Å². The van der Waals surface area contributed by atoms with E-state index in [2.05, 4.69) is 0 Å². The summed E-state index contributed by atoms with van der Waals surface area (Å²) in [4.78, 5) is 25.3. The Balaban J connectivity index is 1.66. The van der Waals surface area contributed by atoms with Gasteiger partial charge in [0.05, 0.1) is 5.56 Å². The molecule has 7 heteroatoms. The predicted octanol–water partition coefficient (Wildman–Crippen LogP) is 2.53. The number of piperidine rings is 1. The number of alkyl halides is 3. The van der Waals surface area contributed by atoms with Crippen LogP contribution in [0.15, 0.2) is 24.3 Å². The quantitative estimate of drug-likeness (QED) is 0.919. The highest BCUT2D eigenvalue weighted by atomic mass is 19.4. The first-order valence-corrected chi connectivity index (χ1v) is 8.03. The van der Waals surface area contributed by atoms with E-state index in [0.717, 1.165) is 6.07 Å². The lowest BCUT2D eigenvalue weighted by Crippen LogP contribution is -2.42. The van der Waals surface area contributed by atoms with Crippen molar-refractivity contribution in [3.63, 3.8) is 0 Å². The molecule has 24 heavy (non-hydrogen) atoms. The molecule has 2 fully saturated rings. The number of nitrogens with two attached hydrogens (primary N) is 1. The number of hydrogen-bond donors (Lipinski definition) is 1. The zero-order chi connectivity index (χ0) is 17.5. The lowest BCUT2D eigenvalue weighted by atomic mass is 9.95. The van der Waals surface area contributed by atoms with Crippen LogP contribution in [0.5, 0.6) is 0 Å². The van der Waals surface area contributed by atoms with Crippen LogP contribution in [0.25, 0.3) is 0 Å². The molecule has 1 saturated carbocycles. The Morgan fingerprint density at radius 1 is 1.12 bits per heavy atom. The van der Waals surface area contributed by atoms with Gasteiger partial charge in [-0.3, -0.25) is 9.59 Å². The second-order valence-corrected chi connectivity index (χ2v) is 6.54. The average Bonchev–Trinajstić information content (AvgIpc) is 3.34. The van der Waals surface area contributed by atoms with Crippen LogP contribution in [0.2, 0.25) is 0 Å². The molecule has 2 amide bonds. The highest BCUT2D eigenvalue weighted by molar-refractivity contribution is 5.84. The number of primary amides is 1. The first kappa shape index (κ1) is 16.8. The van der Waals surface area contributed by atoms with Gasteiger partial charge in [0.25, 0.3) is 0 Å². The number of amides is 2. The molecule has 130 valence electrons. The maximum absolute atomic E-state index is 13.1. The van der Waals surface area contributed by atoms with Crippen LogP contribution in [-0.4, -0.2) is 29.8 Å². The van der Waals surface area contributed by atoms with Crippen molar-refractivity contribution >= 4 is 11.8 Å². The maximum atomic E-state index is 13.1. The van der Waals surface area contributed by atoms with E-state index < -0.39 is 17.7 Å². The van der Waals surface area contributed by atoms with E-state index in [0.29, 0.717) is 32.4 Å². The number of rotatable bonds is 3. The second kappa shape index (κ2) is 6.11. The Kier molecular flexibility index (Phi) is 4.27. The Labute approximate surface area is 137 Å². The summed E-state index contributed by atoms with van der Waals surface area (Å²) in [6.45, 7) is 0.882. The SMILES string of the molecule is NC(=O)C1CCN(C(=O)C2CC2c2ccccc2C(F)(F)F)CC1. The van der Waals surface area contributed by atoms with Gasteiger partial charge in [-0.05, 0) is 36.8 Å². The molecule has 1 saturated heterocycles. The Morgan fingerprint density at radius 2 is 1.75 bits per heavy atom. The zero-order valence-corrected chi connectivity index (χ0v) is 13.1. The third-order valence-corrected chi connectivity index (χ3v) is 4.98. The minimum atomic E-state index is -4.41. The van der Waals surface area contributed by atoms with E-state index in [4.69, 9.17) is 5.73 Å². The molecule has 0 aromatic heterocycles. The largest absolute Gasteiger partial charge is 0.416 e. The topological polar surface area (TPSA) is 63.4 Å². The molecule has 2 atom stereocenters. The molecular formula is C17H19F3N2O2. The van der Waals surface area contributed by atoms with Crippen LogP contribution in [0.3, 0.4) is 0 Å². The normalized spacial score (nSPS) is 24.7. The van der Waals surface area contributed by atoms with Crippen molar-refractivity contribution in [3.05, 3.63) is 35.4 Å². The van der Waals surface area contributed by atoms with Crippen molar-refractivity contribution in [1.82, 2.24) is 4.90 Å². The van der Waals surface area contributed by atoms with Crippen molar-refractivity contribution in [2.24, 2.45) is 17.6 Å². The summed E-state index contributed by atoms with van der Waals surface area (Å²) in [6, 6.07) is 5.45. The summed E-state index contributed by atoms with van der Waals surface area (Å²) in [6.07, 6.45) is -2.91. The number of likely N-dealkylation sites (tertiary alicyclic amines) is 1. The lowest BCUT2D eigenvalue weighted by molar-refractivity contribution is -0.139. The van der Waals surface area contributed by atoms with E-state index in [1.165, 1.54) is 12.1 Å². The van der Waals surface area contributed by atoms with E-state index in [1.807, 2.05) is 0 Å². The molecule has 1 heterocycles. The zero-order valence-electron chi connectivity index (χ0n) is 13.1. The van der Waals surface area contributed by atoms with Gasteiger partial charge >= 0.3 is 6.18 Å². The molecule has 1 aliphatic carbocycles. The average molecular weight is 340 g/mol. The van der Waals surface area contributed by atoms with Gasteiger partial charge < -0.3 is 10.6 Å². The van der Waals surface area contributed by atoms with Gasteiger partial charge in [0.15, 0.2) is 0 Å². The second-order valence-electron chi connectivity index (χ2n) is 6.54. The summed E-state index contributed by atoms with van der Waals surface area (Å²) < 4.78 is 39.3. The van der Waals surface area contributed by atoms with Crippen LogP contribution in [0.4, 0.5) is 13.2 Å². The fraction of sp³-hybridized carbons (Fsp3) is 0.529. The molecule has 3 rings (SSSR count). The van der Waals surface area contributed by atoms with E-state index in [1.54, 1.807) is 11.0 Å². The third kappa shape index (κ3) is 3.25. The maximum Gasteiger partial charge on any atom is 0.416 e. The van der Waals surface area contributed by atoms with Gasteiger partial charge in [0.2, 0.25) is 11.8 Å². The lowest BCUT2D eigenvalue weighted by Gasteiger charge is -2.30. The van der Waals surface area contributed by atoms with Gasteiger partial charge in [-0.1, -0.05) is 18.2 Å². The standard InChI is InChI=1S/C17H19F3N2O2/c18-17(19,20)14-4-2-1-3-11(14)12-9-13(12)16(24)22-7-5-10(6-8-22)15(21)23/h1-4,10,12-13H,5-9H2,(H2,21,23). The van der Waals surface area contributed by atoms with E-state index >= 15 is 0 Å². The molecular weight excluding hydrogens is 321 g/mol. The van der Waals surface area contributed by atoms with Crippen molar-refractivity contribution in [2.75, 3.05) is 13.1 Å². The third-order valence-electron chi connectivity index (χ3n) is 4.98. The number of carbonyl (C=O) groups is 2. The van der Waals surface area contributed by atoms with E-state index in [9.17, 15) is 22.8 Å². The van der Waals surface area contributed by atoms with Crippen LogP contribution in [-0.2, 0) is 15.8 Å².